The van der Waals surface area contributed by atoms with Gasteiger partial charge in [-0.25, -0.2) is 4.39 Å². The van der Waals surface area contributed by atoms with Gasteiger partial charge in [0.1, 0.15) is 11.6 Å². The molecule has 1 aromatic rings. The quantitative estimate of drug-likeness (QED) is 0.821. The van der Waals surface area contributed by atoms with Gasteiger partial charge < -0.3 is 9.64 Å². The molecule has 3 heteroatoms. The van der Waals surface area contributed by atoms with Crippen molar-refractivity contribution >= 4 is 5.70 Å². The molecule has 1 aliphatic carbocycles. The van der Waals surface area contributed by atoms with Crippen LogP contribution in [0, 0.1) is 11.7 Å². The van der Waals surface area contributed by atoms with Gasteiger partial charge in [0.25, 0.3) is 0 Å². The summed E-state index contributed by atoms with van der Waals surface area (Å²) in [4.78, 5) is 1.88. The average Bonchev–Trinajstić information content (AvgIpc) is 3.24. The molecule has 1 heterocycles. The standard InChI is InChI=1S/C17H18FNO/c1-12-4-3-5-17(19(12)2)15-9-8-14(10-16(15)18)20-11-13-6-7-13/h3-5,8-10,13H,1,6-7,11H2,2H3. The van der Waals surface area contributed by atoms with Gasteiger partial charge in [0, 0.05) is 24.4 Å². The van der Waals surface area contributed by atoms with Gasteiger partial charge in [-0.05, 0) is 43.0 Å². The number of allylic oxidation sites excluding steroid dienone is 3. The molecule has 1 fully saturated rings. The molecule has 1 aliphatic heterocycles. The second-order valence-electron chi connectivity index (χ2n) is 5.36. The molecule has 104 valence electrons. The summed E-state index contributed by atoms with van der Waals surface area (Å²) in [7, 11) is 1.88. The summed E-state index contributed by atoms with van der Waals surface area (Å²) in [5.74, 6) is 1.00. The number of rotatable bonds is 4. The fourth-order valence-electron chi connectivity index (χ4n) is 2.19. The molecule has 20 heavy (non-hydrogen) atoms. The van der Waals surface area contributed by atoms with Crippen LogP contribution in [0.25, 0.3) is 5.70 Å². The van der Waals surface area contributed by atoms with Gasteiger partial charge in [-0.3, -0.25) is 0 Å². The summed E-state index contributed by atoms with van der Waals surface area (Å²) < 4.78 is 19.9. The number of likely N-dealkylation sites (N-methyl/N-ethyl adjacent to an activating group) is 1. The fraction of sp³-hybridized carbons (Fsp3) is 0.294. The van der Waals surface area contributed by atoms with E-state index in [1.54, 1.807) is 6.07 Å². The van der Waals surface area contributed by atoms with E-state index in [1.165, 1.54) is 18.9 Å². The smallest absolute Gasteiger partial charge is 0.136 e. The SMILES string of the molecule is C=C1C=CC=C(c2ccc(OCC3CC3)cc2F)N1C. The largest absolute Gasteiger partial charge is 0.493 e. The van der Waals surface area contributed by atoms with Crippen LogP contribution in [0.2, 0.25) is 0 Å². The summed E-state index contributed by atoms with van der Waals surface area (Å²) in [6.07, 6.45) is 8.13. The first kappa shape index (κ1) is 13.0. The first-order chi connectivity index (χ1) is 9.65. The van der Waals surface area contributed by atoms with E-state index in [-0.39, 0.29) is 5.82 Å². The molecule has 2 aliphatic rings. The summed E-state index contributed by atoms with van der Waals surface area (Å²) >= 11 is 0. The number of nitrogens with zero attached hydrogens (tertiary/aromatic N) is 1. The lowest BCUT2D eigenvalue weighted by molar-refractivity contribution is 0.298. The van der Waals surface area contributed by atoms with E-state index >= 15 is 0 Å². The molecule has 0 N–H and O–H groups in total. The maximum atomic E-state index is 14.3. The summed E-state index contributed by atoms with van der Waals surface area (Å²) in [6.45, 7) is 4.62. The van der Waals surface area contributed by atoms with Crippen molar-refractivity contribution < 1.29 is 9.13 Å². The maximum Gasteiger partial charge on any atom is 0.136 e. The number of benzene rings is 1. The minimum Gasteiger partial charge on any atom is -0.493 e. The molecule has 0 saturated heterocycles. The zero-order valence-corrected chi connectivity index (χ0v) is 11.6. The van der Waals surface area contributed by atoms with Crippen LogP contribution in [0.15, 0.2) is 48.7 Å². The summed E-state index contributed by atoms with van der Waals surface area (Å²) in [5, 5.41) is 0. The Morgan fingerprint density at radius 3 is 2.90 bits per heavy atom. The lowest BCUT2D eigenvalue weighted by Crippen LogP contribution is -2.17. The molecule has 1 saturated carbocycles. The minimum atomic E-state index is -0.264. The van der Waals surface area contributed by atoms with Gasteiger partial charge in [0.15, 0.2) is 0 Å². The first-order valence-corrected chi connectivity index (χ1v) is 6.89. The summed E-state index contributed by atoms with van der Waals surface area (Å²) in [6, 6.07) is 5.07. The van der Waals surface area contributed by atoms with Crippen molar-refractivity contribution in [2.75, 3.05) is 13.7 Å². The van der Waals surface area contributed by atoms with Gasteiger partial charge in [-0.15, -0.1) is 0 Å². The van der Waals surface area contributed by atoms with Crippen LogP contribution < -0.4 is 4.74 Å². The van der Waals surface area contributed by atoms with E-state index in [9.17, 15) is 4.39 Å². The third-order valence-corrected chi connectivity index (χ3v) is 3.73. The lowest BCUT2D eigenvalue weighted by Gasteiger charge is -2.26. The Kier molecular flexibility index (Phi) is 3.35. The Morgan fingerprint density at radius 1 is 1.40 bits per heavy atom. The second-order valence-corrected chi connectivity index (χ2v) is 5.36. The Bertz CT molecular complexity index is 599. The number of hydrogen-bond donors (Lipinski definition) is 0. The van der Waals surface area contributed by atoms with Crippen LogP contribution >= 0.6 is 0 Å². The number of hydrogen-bond acceptors (Lipinski definition) is 2. The third kappa shape index (κ3) is 2.62. The monoisotopic (exact) mass is 271 g/mol. The Hall–Kier alpha value is -2.03. The topological polar surface area (TPSA) is 12.5 Å². The van der Waals surface area contributed by atoms with E-state index in [0.29, 0.717) is 23.8 Å². The molecule has 0 aromatic heterocycles. The van der Waals surface area contributed by atoms with E-state index in [4.69, 9.17) is 4.74 Å². The molecule has 3 rings (SSSR count). The Labute approximate surface area is 118 Å². The zero-order valence-electron chi connectivity index (χ0n) is 11.6. The molecule has 0 atom stereocenters. The van der Waals surface area contributed by atoms with Crippen molar-refractivity contribution in [1.29, 1.82) is 0 Å². The molecular formula is C17H18FNO. The molecule has 0 radical (unpaired) electrons. The van der Waals surface area contributed by atoms with Crippen molar-refractivity contribution in [3.05, 3.63) is 60.1 Å². The Balaban J connectivity index is 1.81. The van der Waals surface area contributed by atoms with E-state index in [2.05, 4.69) is 6.58 Å². The highest BCUT2D eigenvalue weighted by Gasteiger charge is 2.22. The van der Waals surface area contributed by atoms with Crippen LogP contribution in [-0.2, 0) is 0 Å². The highest BCUT2D eigenvalue weighted by Crippen LogP contribution is 2.31. The fourth-order valence-corrected chi connectivity index (χ4v) is 2.19. The predicted molar refractivity (Wildman–Crippen MR) is 78.6 cm³/mol. The Morgan fingerprint density at radius 2 is 2.20 bits per heavy atom. The van der Waals surface area contributed by atoms with Crippen LogP contribution in [0.3, 0.4) is 0 Å². The minimum absolute atomic E-state index is 0.264. The van der Waals surface area contributed by atoms with E-state index in [1.807, 2.05) is 36.2 Å². The highest BCUT2D eigenvalue weighted by molar-refractivity contribution is 5.70. The van der Waals surface area contributed by atoms with Crippen LogP contribution in [0.1, 0.15) is 18.4 Å². The molecule has 0 spiro atoms. The summed E-state index contributed by atoms with van der Waals surface area (Å²) in [5.41, 5.74) is 2.22. The maximum absolute atomic E-state index is 14.3. The predicted octanol–water partition coefficient (Wildman–Crippen LogP) is 3.97. The van der Waals surface area contributed by atoms with Gasteiger partial charge >= 0.3 is 0 Å². The molecular weight excluding hydrogens is 253 g/mol. The van der Waals surface area contributed by atoms with Crippen molar-refractivity contribution in [3.63, 3.8) is 0 Å². The van der Waals surface area contributed by atoms with E-state index in [0.717, 1.165) is 11.4 Å². The molecule has 0 amide bonds. The molecule has 2 nitrogen and oxygen atoms in total. The van der Waals surface area contributed by atoms with Crippen molar-refractivity contribution in [3.8, 4) is 5.75 Å². The molecule has 0 bridgehead atoms. The van der Waals surface area contributed by atoms with Gasteiger partial charge in [0.2, 0.25) is 0 Å². The van der Waals surface area contributed by atoms with Gasteiger partial charge in [-0.2, -0.15) is 0 Å². The van der Waals surface area contributed by atoms with Gasteiger partial charge in [0.05, 0.1) is 12.3 Å². The van der Waals surface area contributed by atoms with E-state index < -0.39 is 0 Å². The average molecular weight is 271 g/mol. The first-order valence-electron chi connectivity index (χ1n) is 6.89. The van der Waals surface area contributed by atoms with Crippen molar-refractivity contribution in [2.45, 2.75) is 12.8 Å². The number of ether oxygens (including phenoxy) is 1. The van der Waals surface area contributed by atoms with Gasteiger partial charge in [-0.1, -0.05) is 12.7 Å². The molecule has 0 unspecified atom stereocenters. The normalized spacial score (nSPS) is 18.2. The highest BCUT2D eigenvalue weighted by atomic mass is 19.1. The van der Waals surface area contributed by atoms with Crippen LogP contribution in [0.4, 0.5) is 4.39 Å². The zero-order chi connectivity index (χ0) is 14.1. The van der Waals surface area contributed by atoms with Crippen molar-refractivity contribution in [2.24, 2.45) is 5.92 Å². The third-order valence-electron chi connectivity index (χ3n) is 3.73. The van der Waals surface area contributed by atoms with Crippen LogP contribution in [-0.4, -0.2) is 18.6 Å². The van der Waals surface area contributed by atoms with Crippen molar-refractivity contribution in [1.82, 2.24) is 4.90 Å². The number of halogens is 1. The molecule has 1 aromatic carbocycles. The second kappa shape index (κ2) is 5.16. The lowest BCUT2D eigenvalue weighted by atomic mass is 10.1. The van der Waals surface area contributed by atoms with Crippen LogP contribution in [0.5, 0.6) is 5.75 Å².